The van der Waals surface area contributed by atoms with Gasteiger partial charge in [-0.1, -0.05) is 0 Å². The number of pyridine rings is 1. The summed E-state index contributed by atoms with van der Waals surface area (Å²) in [6.45, 7) is 2.56. The molecule has 0 atom stereocenters. The maximum atomic E-state index is 12.9. The molecule has 20 heavy (non-hydrogen) atoms. The van der Waals surface area contributed by atoms with Crippen LogP contribution in [0.1, 0.15) is 35.9 Å². The molecule has 1 aromatic rings. The van der Waals surface area contributed by atoms with Crippen LogP contribution in [-0.4, -0.2) is 17.6 Å². The standard InChI is InChI=1S/C12H12F5NO2/c1-3-20-9(19)5-7-4-8(12(15,16)17)18-6(2)10(7)11(13)14/h4,11H,3,5H2,1-2H3. The minimum absolute atomic E-state index is 0.0129. The maximum Gasteiger partial charge on any atom is 0.433 e. The van der Waals surface area contributed by atoms with Crippen molar-refractivity contribution in [1.29, 1.82) is 0 Å². The van der Waals surface area contributed by atoms with Gasteiger partial charge in [0.25, 0.3) is 6.43 Å². The van der Waals surface area contributed by atoms with E-state index in [9.17, 15) is 26.7 Å². The minimum atomic E-state index is -4.77. The van der Waals surface area contributed by atoms with Crippen LogP contribution in [-0.2, 0) is 22.1 Å². The summed E-state index contributed by atoms with van der Waals surface area (Å²) in [7, 11) is 0. The highest BCUT2D eigenvalue weighted by Gasteiger charge is 2.35. The lowest BCUT2D eigenvalue weighted by Crippen LogP contribution is -2.15. The first-order valence-electron chi connectivity index (χ1n) is 5.68. The van der Waals surface area contributed by atoms with Crippen molar-refractivity contribution in [2.24, 2.45) is 0 Å². The molecule has 8 heteroatoms. The van der Waals surface area contributed by atoms with Crippen molar-refractivity contribution in [1.82, 2.24) is 4.98 Å². The van der Waals surface area contributed by atoms with Crippen LogP contribution >= 0.6 is 0 Å². The van der Waals surface area contributed by atoms with Gasteiger partial charge in [0.15, 0.2) is 0 Å². The molecule has 0 fully saturated rings. The quantitative estimate of drug-likeness (QED) is 0.631. The van der Waals surface area contributed by atoms with Crippen molar-refractivity contribution in [2.75, 3.05) is 6.61 Å². The predicted molar refractivity (Wildman–Crippen MR) is 59.3 cm³/mol. The molecular formula is C12H12F5NO2. The topological polar surface area (TPSA) is 39.2 Å². The van der Waals surface area contributed by atoms with Gasteiger partial charge >= 0.3 is 12.1 Å². The van der Waals surface area contributed by atoms with Gasteiger partial charge in [-0.15, -0.1) is 0 Å². The summed E-state index contributed by atoms with van der Waals surface area (Å²) >= 11 is 0. The first-order chi connectivity index (χ1) is 9.16. The fraction of sp³-hybridized carbons (Fsp3) is 0.500. The first kappa shape index (κ1) is 16.3. The molecule has 0 radical (unpaired) electrons. The summed E-state index contributed by atoms with van der Waals surface area (Å²) in [4.78, 5) is 14.4. The first-order valence-corrected chi connectivity index (χ1v) is 5.68. The van der Waals surface area contributed by atoms with E-state index in [2.05, 4.69) is 9.72 Å². The van der Waals surface area contributed by atoms with E-state index in [1.54, 1.807) is 0 Å². The Morgan fingerprint density at radius 2 is 2.00 bits per heavy atom. The largest absolute Gasteiger partial charge is 0.466 e. The number of alkyl halides is 5. The molecule has 0 unspecified atom stereocenters. The molecule has 0 aliphatic heterocycles. The second-order valence-corrected chi connectivity index (χ2v) is 3.95. The van der Waals surface area contributed by atoms with E-state index in [1.165, 1.54) is 6.92 Å². The van der Waals surface area contributed by atoms with E-state index in [1.807, 2.05) is 0 Å². The van der Waals surface area contributed by atoms with Gasteiger partial charge in [-0.2, -0.15) is 13.2 Å². The molecule has 0 spiro atoms. The van der Waals surface area contributed by atoms with Crippen LogP contribution < -0.4 is 0 Å². The summed E-state index contributed by atoms with van der Waals surface area (Å²) in [5.74, 6) is -0.867. The summed E-state index contributed by atoms with van der Waals surface area (Å²) in [5, 5.41) is 0. The molecule has 0 saturated heterocycles. The van der Waals surface area contributed by atoms with Crippen LogP contribution in [0.4, 0.5) is 22.0 Å². The fourth-order valence-corrected chi connectivity index (χ4v) is 1.71. The van der Waals surface area contributed by atoms with E-state index in [0.717, 1.165) is 6.92 Å². The number of carbonyl (C=O) groups excluding carboxylic acids is 1. The van der Waals surface area contributed by atoms with E-state index in [0.29, 0.717) is 6.07 Å². The van der Waals surface area contributed by atoms with Crippen LogP contribution in [0.5, 0.6) is 0 Å². The summed E-state index contributed by atoms with van der Waals surface area (Å²) in [5.41, 5.74) is -2.84. The van der Waals surface area contributed by atoms with Crippen molar-refractivity contribution < 1.29 is 31.5 Å². The Labute approximate surface area is 111 Å². The Morgan fingerprint density at radius 1 is 1.40 bits per heavy atom. The van der Waals surface area contributed by atoms with E-state index in [-0.39, 0.29) is 6.61 Å². The molecule has 1 aromatic heterocycles. The van der Waals surface area contributed by atoms with E-state index >= 15 is 0 Å². The van der Waals surface area contributed by atoms with Crippen molar-refractivity contribution >= 4 is 5.97 Å². The molecule has 3 nitrogen and oxygen atoms in total. The monoisotopic (exact) mass is 297 g/mol. The molecule has 0 aromatic carbocycles. The normalized spacial score (nSPS) is 11.8. The molecule has 0 bridgehead atoms. The smallest absolute Gasteiger partial charge is 0.433 e. The lowest BCUT2D eigenvalue weighted by molar-refractivity contribution is -0.143. The maximum absolute atomic E-state index is 12.9. The second kappa shape index (κ2) is 6.15. The van der Waals surface area contributed by atoms with Crippen LogP contribution in [0, 0.1) is 6.92 Å². The average molecular weight is 297 g/mol. The number of esters is 1. The van der Waals surface area contributed by atoms with Gasteiger partial charge in [0.1, 0.15) is 5.69 Å². The third kappa shape index (κ3) is 3.88. The molecule has 0 N–H and O–H groups in total. The number of rotatable bonds is 4. The highest BCUT2D eigenvalue weighted by molar-refractivity contribution is 5.73. The van der Waals surface area contributed by atoms with Gasteiger partial charge < -0.3 is 4.74 Å². The highest BCUT2D eigenvalue weighted by atomic mass is 19.4. The Morgan fingerprint density at radius 3 is 2.45 bits per heavy atom. The third-order valence-corrected chi connectivity index (χ3v) is 2.48. The number of hydrogen-bond acceptors (Lipinski definition) is 3. The number of hydrogen-bond donors (Lipinski definition) is 0. The number of nitrogens with zero attached hydrogens (tertiary/aromatic N) is 1. The minimum Gasteiger partial charge on any atom is -0.466 e. The zero-order valence-electron chi connectivity index (χ0n) is 10.7. The molecule has 1 heterocycles. The van der Waals surface area contributed by atoms with Crippen molar-refractivity contribution in [2.45, 2.75) is 32.9 Å². The van der Waals surface area contributed by atoms with Gasteiger partial charge in [0, 0.05) is 11.3 Å². The van der Waals surface area contributed by atoms with Crippen LogP contribution in [0.3, 0.4) is 0 Å². The van der Waals surface area contributed by atoms with Crippen LogP contribution in [0.25, 0.3) is 0 Å². The van der Waals surface area contributed by atoms with Gasteiger partial charge in [-0.25, -0.2) is 13.8 Å². The Bertz CT molecular complexity index is 499. The molecule has 112 valence electrons. The number of halogens is 5. The summed E-state index contributed by atoms with van der Waals surface area (Å²) < 4.78 is 68.1. The second-order valence-electron chi connectivity index (χ2n) is 3.95. The number of aryl methyl sites for hydroxylation is 1. The Hall–Kier alpha value is -1.73. The highest BCUT2D eigenvalue weighted by Crippen LogP contribution is 2.33. The fourth-order valence-electron chi connectivity index (χ4n) is 1.71. The molecule has 0 aliphatic rings. The molecular weight excluding hydrogens is 285 g/mol. The SMILES string of the molecule is CCOC(=O)Cc1cc(C(F)(F)F)nc(C)c1C(F)F. The van der Waals surface area contributed by atoms with Gasteiger partial charge in [0.05, 0.1) is 13.0 Å². The molecule has 1 rings (SSSR count). The zero-order valence-corrected chi connectivity index (χ0v) is 10.7. The van der Waals surface area contributed by atoms with E-state index in [4.69, 9.17) is 0 Å². The van der Waals surface area contributed by atoms with Crippen molar-refractivity contribution in [3.05, 3.63) is 28.6 Å². The van der Waals surface area contributed by atoms with Gasteiger partial charge in [-0.05, 0) is 25.5 Å². The number of aromatic nitrogens is 1. The number of ether oxygens (including phenoxy) is 1. The van der Waals surface area contributed by atoms with Crippen LogP contribution in [0.15, 0.2) is 6.07 Å². The molecule has 0 saturated carbocycles. The lowest BCUT2D eigenvalue weighted by atomic mass is 10.0. The van der Waals surface area contributed by atoms with E-state index < -0.39 is 47.5 Å². The predicted octanol–water partition coefficient (Wildman–Crippen LogP) is 3.45. The van der Waals surface area contributed by atoms with Crippen molar-refractivity contribution in [3.63, 3.8) is 0 Å². The number of carbonyl (C=O) groups is 1. The third-order valence-electron chi connectivity index (χ3n) is 2.48. The Kier molecular flexibility index (Phi) is 5.02. The lowest BCUT2D eigenvalue weighted by Gasteiger charge is -2.14. The van der Waals surface area contributed by atoms with Crippen molar-refractivity contribution in [3.8, 4) is 0 Å². The average Bonchev–Trinajstić information content (AvgIpc) is 2.26. The summed E-state index contributed by atoms with van der Waals surface area (Å²) in [6.07, 6.45) is -8.44. The summed E-state index contributed by atoms with van der Waals surface area (Å²) in [6, 6.07) is 0.464. The van der Waals surface area contributed by atoms with Gasteiger partial charge in [-0.3, -0.25) is 4.79 Å². The molecule has 0 aliphatic carbocycles. The van der Waals surface area contributed by atoms with Gasteiger partial charge in [0.2, 0.25) is 0 Å². The Balaban J connectivity index is 3.29. The zero-order chi connectivity index (χ0) is 15.5. The van der Waals surface area contributed by atoms with Crippen LogP contribution in [0.2, 0.25) is 0 Å². The molecule has 0 amide bonds.